The number of aryl methyl sites for hydroxylation is 1. The van der Waals surface area contributed by atoms with E-state index in [9.17, 15) is 4.79 Å². The Balaban J connectivity index is 1.89. The lowest BCUT2D eigenvalue weighted by atomic mass is 10.1. The summed E-state index contributed by atoms with van der Waals surface area (Å²) >= 11 is 11.3. The Kier molecular flexibility index (Phi) is 4.46. The summed E-state index contributed by atoms with van der Waals surface area (Å²) in [7, 11) is 0. The number of benzene rings is 2. The first-order valence-corrected chi connectivity index (χ1v) is 8.09. The van der Waals surface area contributed by atoms with E-state index in [1.807, 2.05) is 12.1 Å². The van der Waals surface area contributed by atoms with Crippen molar-refractivity contribution >= 4 is 46.6 Å². The Hall–Kier alpha value is -2.17. The normalized spacial score (nSPS) is 16.1. The summed E-state index contributed by atoms with van der Waals surface area (Å²) < 4.78 is 0. The number of thiocarbonyl (C=S) groups is 1. The molecular formula is C18H15ClN2OS. The second-order valence-corrected chi connectivity index (χ2v) is 6.03. The van der Waals surface area contributed by atoms with Gasteiger partial charge >= 0.3 is 0 Å². The van der Waals surface area contributed by atoms with Gasteiger partial charge < -0.3 is 5.32 Å². The summed E-state index contributed by atoms with van der Waals surface area (Å²) in [5.74, 6) is -0.183. The third-order valence-corrected chi connectivity index (χ3v) is 4.16. The summed E-state index contributed by atoms with van der Waals surface area (Å²) in [6, 6.07) is 15.2. The molecule has 3 nitrogen and oxygen atoms in total. The van der Waals surface area contributed by atoms with Crippen LogP contribution in [0.25, 0.3) is 6.08 Å². The molecule has 0 unspecified atom stereocenters. The molecule has 0 atom stereocenters. The van der Waals surface area contributed by atoms with Crippen LogP contribution in [0.15, 0.2) is 54.2 Å². The van der Waals surface area contributed by atoms with Crippen LogP contribution < -0.4 is 10.2 Å². The van der Waals surface area contributed by atoms with Crippen LogP contribution in [0.5, 0.6) is 0 Å². The fourth-order valence-electron chi connectivity index (χ4n) is 2.40. The second kappa shape index (κ2) is 6.52. The highest BCUT2D eigenvalue weighted by molar-refractivity contribution is 7.80. The second-order valence-electron chi connectivity index (χ2n) is 5.20. The Morgan fingerprint density at radius 1 is 1.22 bits per heavy atom. The minimum atomic E-state index is -0.183. The molecule has 1 aliphatic heterocycles. The van der Waals surface area contributed by atoms with E-state index in [0.29, 0.717) is 21.5 Å². The number of carbonyl (C=O) groups is 1. The zero-order valence-electron chi connectivity index (χ0n) is 12.5. The molecule has 0 bridgehead atoms. The number of nitrogens with one attached hydrogen (secondary N) is 1. The average molecular weight is 343 g/mol. The Morgan fingerprint density at radius 2 is 1.96 bits per heavy atom. The molecule has 1 saturated heterocycles. The lowest BCUT2D eigenvalue weighted by molar-refractivity contribution is -0.113. The van der Waals surface area contributed by atoms with Gasteiger partial charge in [-0.05, 0) is 54.0 Å². The van der Waals surface area contributed by atoms with Gasteiger partial charge in [-0.1, -0.05) is 48.9 Å². The first-order chi connectivity index (χ1) is 11.1. The Labute approximate surface area is 145 Å². The standard InChI is InChI=1S/C18H15ClN2OS/c1-2-12-6-8-13(9-7-12)10-16-17(22)21(18(23)20-16)15-5-3-4-14(19)11-15/h3-11H,2H2,1H3,(H,20,23)/b16-10-. The van der Waals surface area contributed by atoms with Gasteiger partial charge in [-0.15, -0.1) is 0 Å². The number of anilines is 1. The number of rotatable bonds is 3. The topological polar surface area (TPSA) is 32.3 Å². The molecule has 2 aromatic rings. The third-order valence-electron chi connectivity index (χ3n) is 3.64. The number of amides is 1. The molecule has 0 saturated carbocycles. The number of hydrogen-bond acceptors (Lipinski definition) is 2. The first kappa shape index (κ1) is 15.7. The van der Waals surface area contributed by atoms with E-state index < -0.39 is 0 Å². The fourth-order valence-corrected chi connectivity index (χ4v) is 2.88. The van der Waals surface area contributed by atoms with Gasteiger partial charge in [0.25, 0.3) is 5.91 Å². The predicted octanol–water partition coefficient (Wildman–Crippen LogP) is 4.16. The van der Waals surface area contributed by atoms with Gasteiger partial charge in [-0.2, -0.15) is 0 Å². The average Bonchev–Trinajstić information content (AvgIpc) is 2.82. The van der Waals surface area contributed by atoms with Crippen molar-refractivity contribution in [3.8, 4) is 0 Å². The zero-order chi connectivity index (χ0) is 16.4. The SMILES string of the molecule is CCc1ccc(/C=C2\NC(=S)N(c3cccc(Cl)c3)C2=O)cc1. The molecule has 23 heavy (non-hydrogen) atoms. The van der Waals surface area contributed by atoms with Crippen molar-refractivity contribution in [2.24, 2.45) is 0 Å². The van der Waals surface area contributed by atoms with E-state index in [-0.39, 0.29) is 5.91 Å². The van der Waals surface area contributed by atoms with Crippen LogP contribution >= 0.6 is 23.8 Å². The van der Waals surface area contributed by atoms with E-state index in [0.717, 1.165) is 12.0 Å². The minimum absolute atomic E-state index is 0.183. The van der Waals surface area contributed by atoms with E-state index in [1.54, 1.807) is 30.3 Å². The van der Waals surface area contributed by atoms with Crippen molar-refractivity contribution in [1.29, 1.82) is 0 Å². The Morgan fingerprint density at radius 3 is 2.61 bits per heavy atom. The molecule has 2 aromatic carbocycles. The summed E-state index contributed by atoms with van der Waals surface area (Å²) in [4.78, 5) is 14.1. The lowest BCUT2D eigenvalue weighted by Crippen LogP contribution is -2.30. The fraction of sp³-hybridized carbons (Fsp3) is 0.111. The molecule has 0 radical (unpaired) electrons. The largest absolute Gasteiger partial charge is 0.327 e. The van der Waals surface area contributed by atoms with E-state index in [2.05, 4.69) is 24.4 Å². The molecule has 3 rings (SSSR count). The molecule has 1 amide bonds. The smallest absolute Gasteiger partial charge is 0.281 e. The van der Waals surface area contributed by atoms with Crippen LogP contribution in [0.2, 0.25) is 5.02 Å². The Bertz CT molecular complexity index is 799. The highest BCUT2D eigenvalue weighted by Gasteiger charge is 2.31. The van der Waals surface area contributed by atoms with Crippen molar-refractivity contribution in [2.45, 2.75) is 13.3 Å². The summed E-state index contributed by atoms with van der Waals surface area (Å²) in [5.41, 5.74) is 3.33. The summed E-state index contributed by atoms with van der Waals surface area (Å²) in [6.07, 6.45) is 2.79. The molecule has 1 heterocycles. The van der Waals surface area contributed by atoms with Gasteiger partial charge in [0.15, 0.2) is 5.11 Å². The van der Waals surface area contributed by atoms with Crippen LogP contribution in [0.1, 0.15) is 18.1 Å². The molecular weight excluding hydrogens is 328 g/mol. The summed E-state index contributed by atoms with van der Waals surface area (Å²) in [6.45, 7) is 2.11. The molecule has 0 spiro atoms. The van der Waals surface area contributed by atoms with Crippen molar-refractivity contribution in [3.63, 3.8) is 0 Å². The molecule has 1 aliphatic rings. The highest BCUT2D eigenvalue weighted by Crippen LogP contribution is 2.25. The number of hydrogen-bond donors (Lipinski definition) is 1. The van der Waals surface area contributed by atoms with Crippen molar-refractivity contribution < 1.29 is 4.79 Å². The van der Waals surface area contributed by atoms with Crippen LogP contribution in [0.3, 0.4) is 0 Å². The van der Waals surface area contributed by atoms with Crippen molar-refractivity contribution in [3.05, 3.63) is 70.4 Å². The minimum Gasteiger partial charge on any atom is -0.327 e. The van der Waals surface area contributed by atoms with Gasteiger partial charge in [0.1, 0.15) is 5.70 Å². The maximum absolute atomic E-state index is 12.6. The summed E-state index contributed by atoms with van der Waals surface area (Å²) in [5, 5.41) is 3.89. The third kappa shape index (κ3) is 3.28. The van der Waals surface area contributed by atoms with Crippen molar-refractivity contribution in [1.82, 2.24) is 5.32 Å². The number of carbonyl (C=O) groups excluding carboxylic acids is 1. The predicted molar refractivity (Wildman–Crippen MR) is 98.5 cm³/mol. The molecule has 1 fully saturated rings. The zero-order valence-corrected chi connectivity index (χ0v) is 14.1. The number of halogens is 1. The van der Waals surface area contributed by atoms with Crippen LogP contribution in [0.4, 0.5) is 5.69 Å². The maximum atomic E-state index is 12.6. The maximum Gasteiger partial charge on any atom is 0.281 e. The van der Waals surface area contributed by atoms with Gasteiger partial charge in [-0.25, -0.2) is 0 Å². The first-order valence-electron chi connectivity index (χ1n) is 7.30. The van der Waals surface area contributed by atoms with E-state index in [4.69, 9.17) is 23.8 Å². The van der Waals surface area contributed by atoms with E-state index >= 15 is 0 Å². The molecule has 1 N–H and O–H groups in total. The quantitative estimate of drug-likeness (QED) is 0.671. The van der Waals surface area contributed by atoms with Gasteiger partial charge in [0.2, 0.25) is 0 Å². The monoisotopic (exact) mass is 342 g/mol. The van der Waals surface area contributed by atoms with Gasteiger partial charge in [-0.3, -0.25) is 9.69 Å². The van der Waals surface area contributed by atoms with Crippen LogP contribution in [-0.2, 0) is 11.2 Å². The molecule has 0 aromatic heterocycles. The highest BCUT2D eigenvalue weighted by atomic mass is 35.5. The molecule has 5 heteroatoms. The van der Waals surface area contributed by atoms with Gasteiger partial charge in [0, 0.05) is 5.02 Å². The molecule has 116 valence electrons. The van der Waals surface area contributed by atoms with Crippen molar-refractivity contribution in [2.75, 3.05) is 4.90 Å². The van der Waals surface area contributed by atoms with E-state index in [1.165, 1.54) is 10.5 Å². The van der Waals surface area contributed by atoms with Gasteiger partial charge in [0.05, 0.1) is 5.69 Å². The van der Waals surface area contributed by atoms with Crippen LogP contribution in [0, 0.1) is 0 Å². The number of nitrogens with zero attached hydrogens (tertiary/aromatic N) is 1. The lowest BCUT2D eigenvalue weighted by Gasteiger charge is -2.13. The van der Waals surface area contributed by atoms with Crippen LogP contribution in [-0.4, -0.2) is 11.0 Å². The molecule has 0 aliphatic carbocycles.